The van der Waals surface area contributed by atoms with E-state index in [0.717, 1.165) is 18.4 Å². The zero-order valence-electron chi connectivity index (χ0n) is 10.9. The summed E-state index contributed by atoms with van der Waals surface area (Å²) < 4.78 is 12.9. The second kappa shape index (κ2) is 4.58. The van der Waals surface area contributed by atoms with E-state index in [9.17, 15) is 14.0 Å². The molecule has 0 aromatic heterocycles. The lowest BCUT2D eigenvalue weighted by atomic mass is 9.96. The molecule has 2 aliphatic carbocycles. The van der Waals surface area contributed by atoms with Gasteiger partial charge in [0.15, 0.2) is 0 Å². The van der Waals surface area contributed by atoms with E-state index in [1.165, 1.54) is 12.1 Å². The quantitative estimate of drug-likeness (QED) is 0.860. The highest BCUT2D eigenvalue weighted by Crippen LogP contribution is 2.48. The van der Waals surface area contributed by atoms with Crippen LogP contribution in [-0.2, 0) is 15.0 Å². The van der Waals surface area contributed by atoms with E-state index in [1.54, 1.807) is 12.1 Å². The molecule has 106 valence electrons. The molecule has 1 aromatic carbocycles. The summed E-state index contributed by atoms with van der Waals surface area (Å²) in [5, 5.41) is 11.7. The molecule has 20 heavy (non-hydrogen) atoms. The molecule has 2 atom stereocenters. The van der Waals surface area contributed by atoms with Crippen LogP contribution in [0.3, 0.4) is 0 Å². The predicted molar refractivity (Wildman–Crippen MR) is 69.6 cm³/mol. The SMILES string of the molecule is O=C(O)[C@H]1C[C@H]1C(=O)NCC1(c2ccc(F)cc2)CC1. The highest BCUT2D eigenvalue weighted by Gasteiger charge is 2.50. The molecule has 0 radical (unpaired) electrons. The summed E-state index contributed by atoms with van der Waals surface area (Å²) in [4.78, 5) is 22.6. The fraction of sp³-hybridized carbons (Fsp3) is 0.467. The van der Waals surface area contributed by atoms with Gasteiger partial charge in [0.25, 0.3) is 0 Å². The van der Waals surface area contributed by atoms with Gasteiger partial charge in [0.2, 0.25) is 5.91 Å². The lowest BCUT2D eigenvalue weighted by Gasteiger charge is -2.16. The molecule has 0 spiro atoms. The molecule has 2 N–H and O–H groups in total. The van der Waals surface area contributed by atoms with Crippen LogP contribution < -0.4 is 5.32 Å². The van der Waals surface area contributed by atoms with E-state index < -0.39 is 11.9 Å². The van der Waals surface area contributed by atoms with Gasteiger partial charge in [0, 0.05) is 12.0 Å². The first-order valence-electron chi connectivity index (χ1n) is 6.78. The number of carboxylic acid groups (broad SMARTS) is 1. The molecule has 2 saturated carbocycles. The molecule has 0 bridgehead atoms. The predicted octanol–water partition coefficient (Wildman–Crippen LogP) is 1.69. The van der Waals surface area contributed by atoms with Gasteiger partial charge in [-0.1, -0.05) is 12.1 Å². The van der Waals surface area contributed by atoms with Crippen molar-refractivity contribution >= 4 is 11.9 Å². The van der Waals surface area contributed by atoms with Crippen LogP contribution >= 0.6 is 0 Å². The number of rotatable bonds is 5. The summed E-state index contributed by atoms with van der Waals surface area (Å²) >= 11 is 0. The number of carbonyl (C=O) groups is 2. The molecule has 0 unspecified atom stereocenters. The Morgan fingerprint density at radius 3 is 2.40 bits per heavy atom. The van der Waals surface area contributed by atoms with Crippen molar-refractivity contribution < 1.29 is 19.1 Å². The highest BCUT2D eigenvalue weighted by atomic mass is 19.1. The van der Waals surface area contributed by atoms with Gasteiger partial charge in [-0.05, 0) is 37.0 Å². The molecule has 1 amide bonds. The summed E-state index contributed by atoms with van der Waals surface area (Å²) in [5.41, 5.74) is 0.946. The van der Waals surface area contributed by atoms with Gasteiger partial charge in [0.1, 0.15) is 5.82 Å². The molecular formula is C15H16FNO3. The smallest absolute Gasteiger partial charge is 0.307 e. The maximum absolute atomic E-state index is 12.9. The maximum atomic E-state index is 12.9. The van der Waals surface area contributed by atoms with E-state index in [-0.39, 0.29) is 23.1 Å². The van der Waals surface area contributed by atoms with E-state index in [2.05, 4.69) is 5.32 Å². The number of hydrogen-bond acceptors (Lipinski definition) is 2. The number of carboxylic acids is 1. The van der Waals surface area contributed by atoms with E-state index in [0.29, 0.717) is 13.0 Å². The van der Waals surface area contributed by atoms with Crippen LogP contribution in [-0.4, -0.2) is 23.5 Å². The summed E-state index contributed by atoms with van der Waals surface area (Å²) in [6.45, 7) is 0.500. The number of aliphatic carboxylic acids is 1. The van der Waals surface area contributed by atoms with Gasteiger partial charge in [-0.3, -0.25) is 9.59 Å². The summed E-state index contributed by atoms with van der Waals surface area (Å²) in [6.07, 6.45) is 2.36. The van der Waals surface area contributed by atoms with Crippen molar-refractivity contribution in [2.24, 2.45) is 11.8 Å². The maximum Gasteiger partial charge on any atom is 0.307 e. The Bertz CT molecular complexity index is 551. The molecule has 2 aliphatic rings. The Morgan fingerprint density at radius 2 is 1.90 bits per heavy atom. The van der Waals surface area contributed by atoms with Gasteiger partial charge in [-0.15, -0.1) is 0 Å². The average Bonchev–Trinajstić information content (AvgIpc) is 3.30. The van der Waals surface area contributed by atoms with Gasteiger partial charge in [-0.25, -0.2) is 4.39 Å². The summed E-state index contributed by atoms with van der Waals surface area (Å²) in [7, 11) is 0. The Hall–Kier alpha value is -1.91. The van der Waals surface area contributed by atoms with Crippen molar-refractivity contribution in [3.8, 4) is 0 Å². The molecular weight excluding hydrogens is 261 g/mol. The van der Waals surface area contributed by atoms with Crippen LogP contribution in [0.4, 0.5) is 4.39 Å². The number of amides is 1. The lowest BCUT2D eigenvalue weighted by Crippen LogP contribution is -2.34. The van der Waals surface area contributed by atoms with Crippen molar-refractivity contribution in [1.82, 2.24) is 5.32 Å². The minimum absolute atomic E-state index is 0.0863. The number of benzene rings is 1. The summed E-state index contributed by atoms with van der Waals surface area (Å²) in [6, 6.07) is 6.37. The monoisotopic (exact) mass is 277 g/mol. The van der Waals surface area contributed by atoms with Crippen LogP contribution in [0.5, 0.6) is 0 Å². The Labute approximate surface area is 116 Å². The number of carbonyl (C=O) groups excluding carboxylic acids is 1. The van der Waals surface area contributed by atoms with Crippen molar-refractivity contribution in [3.63, 3.8) is 0 Å². The normalized spacial score (nSPS) is 25.9. The van der Waals surface area contributed by atoms with E-state index in [4.69, 9.17) is 5.11 Å². The molecule has 0 aliphatic heterocycles. The molecule has 3 rings (SSSR count). The zero-order valence-corrected chi connectivity index (χ0v) is 10.9. The van der Waals surface area contributed by atoms with Crippen LogP contribution in [0.15, 0.2) is 24.3 Å². The van der Waals surface area contributed by atoms with Crippen LogP contribution in [0.25, 0.3) is 0 Å². The van der Waals surface area contributed by atoms with E-state index >= 15 is 0 Å². The molecule has 5 heteroatoms. The molecule has 1 aromatic rings. The fourth-order valence-electron chi connectivity index (χ4n) is 2.67. The average molecular weight is 277 g/mol. The minimum atomic E-state index is -0.898. The van der Waals surface area contributed by atoms with Crippen molar-refractivity contribution in [2.45, 2.75) is 24.7 Å². The third-order valence-electron chi connectivity index (χ3n) is 4.36. The zero-order chi connectivity index (χ0) is 14.3. The lowest BCUT2D eigenvalue weighted by molar-refractivity contribution is -0.140. The topological polar surface area (TPSA) is 66.4 Å². The minimum Gasteiger partial charge on any atom is -0.481 e. The molecule has 0 heterocycles. The van der Waals surface area contributed by atoms with Crippen molar-refractivity contribution in [1.29, 1.82) is 0 Å². The standard InChI is InChI=1S/C15H16FNO3/c16-10-3-1-9(2-4-10)15(5-6-15)8-17-13(18)11-7-12(11)14(19)20/h1-4,11-12H,5-8H2,(H,17,18)(H,19,20)/t11-,12+/m1/s1. The fourth-order valence-corrected chi connectivity index (χ4v) is 2.67. The Morgan fingerprint density at radius 1 is 1.25 bits per heavy atom. The second-order valence-corrected chi connectivity index (χ2v) is 5.79. The third kappa shape index (κ3) is 2.40. The van der Waals surface area contributed by atoms with Crippen LogP contribution in [0.1, 0.15) is 24.8 Å². The number of hydrogen-bond donors (Lipinski definition) is 2. The van der Waals surface area contributed by atoms with Crippen LogP contribution in [0.2, 0.25) is 0 Å². The number of halogens is 1. The molecule has 2 fully saturated rings. The van der Waals surface area contributed by atoms with Crippen molar-refractivity contribution in [3.05, 3.63) is 35.6 Å². The van der Waals surface area contributed by atoms with E-state index in [1.807, 2.05) is 0 Å². The Kier molecular flexibility index (Phi) is 3.00. The van der Waals surface area contributed by atoms with Gasteiger partial charge in [0.05, 0.1) is 11.8 Å². The third-order valence-corrected chi connectivity index (χ3v) is 4.36. The molecule has 0 saturated heterocycles. The molecule has 4 nitrogen and oxygen atoms in total. The second-order valence-electron chi connectivity index (χ2n) is 5.79. The van der Waals surface area contributed by atoms with Gasteiger partial charge < -0.3 is 10.4 Å². The van der Waals surface area contributed by atoms with Crippen molar-refractivity contribution in [2.75, 3.05) is 6.54 Å². The van der Waals surface area contributed by atoms with Gasteiger partial charge >= 0.3 is 5.97 Å². The number of nitrogens with one attached hydrogen (secondary N) is 1. The Balaban J connectivity index is 1.57. The van der Waals surface area contributed by atoms with Crippen LogP contribution in [0, 0.1) is 17.7 Å². The largest absolute Gasteiger partial charge is 0.481 e. The summed E-state index contributed by atoms with van der Waals surface area (Å²) in [5.74, 6) is -2.24. The first kappa shape index (κ1) is 13.1. The first-order chi connectivity index (χ1) is 9.52. The van der Waals surface area contributed by atoms with Gasteiger partial charge in [-0.2, -0.15) is 0 Å². The highest BCUT2D eigenvalue weighted by molar-refractivity contribution is 5.89. The first-order valence-corrected chi connectivity index (χ1v) is 6.78.